The first-order chi connectivity index (χ1) is 13.0. The molecule has 2 saturated carbocycles. The highest BCUT2D eigenvalue weighted by Gasteiger charge is 2.45. The molecule has 4 atom stereocenters. The Morgan fingerprint density at radius 1 is 1.19 bits per heavy atom. The van der Waals surface area contributed by atoms with E-state index in [2.05, 4.69) is 38.1 Å². The number of benzene rings is 1. The molecule has 0 aromatic heterocycles. The number of hydrogen-bond donors (Lipinski definition) is 1. The van der Waals surface area contributed by atoms with Crippen molar-refractivity contribution in [1.29, 1.82) is 0 Å². The fraction of sp³-hybridized carbons (Fsp3) is 0.625. The Labute approximate surface area is 169 Å². The van der Waals surface area contributed by atoms with Crippen LogP contribution < -0.4 is 0 Å². The smallest absolute Gasteiger partial charge is 0.303 e. The van der Waals surface area contributed by atoms with Crippen LogP contribution in [0.4, 0.5) is 0 Å². The number of carbonyl (C=O) groups is 1. The fourth-order valence-electron chi connectivity index (χ4n) is 5.66. The van der Waals surface area contributed by atoms with E-state index in [-0.39, 0.29) is 6.42 Å². The maximum Gasteiger partial charge on any atom is 0.303 e. The molecule has 0 saturated heterocycles. The van der Waals surface area contributed by atoms with Gasteiger partial charge in [0.1, 0.15) is 0 Å². The van der Waals surface area contributed by atoms with Crippen molar-refractivity contribution in [3.8, 4) is 0 Å². The van der Waals surface area contributed by atoms with E-state index in [9.17, 15) is 4.79 Å². The van der Waals surface area contributed by atoms with Crippen LogP contribution in [0.15, 0.2) is 24.3 Å². The number of aryl methyl sites for hydroxylation is 2. The molecule has 0 radical (unpaired) electrons. The van der Waals surface area contributed by atoms with Crippen LogP contribution in [0.25, 0.3) is 0 Å². The molecule has 0 amide bonds. The lowest BCUT2D eigenvalue weighted by molar-refractivity contribution is -0.137. The molecule has 27 heavy (non-hydrogen) atoms. The molecule has 148 valence electrons. The normalized spacial score (nSPS) is 26.9. The summed E-state index contributed by atoms with van der Waals surface area (Å²) in [5.74, 6) is 2.65. The van der Waals surface area contributed by atoms with E-state index in [1.54, 1.807) is 0 Å². The van der Waals surface area contributed by atoms with E-state index in [1.807, 2.05) is 0 Å². The van der Waals surface area contributed by atoms with Crippen LogP contribution >= 0.6 is 11.6 Å². The van der Waals surface area contributed by atoms with Crippen molar-refractivity contribution in [2.75, 3.05) is 0 Å². The third kappa shape index (κ3) is 5.16. The van der Waals surface area contributed by atoms with Gasteiger partial charge in [-0.3, -0.25) is 4.79 Å². The summed E-state index contributed by atoms with van der Waals surface area (Å²) in [6, 6.07) is 4.17. The summed E-state index contributed by atoms with van der Waals surface area (Å²) >= 11 is 6.17. The number of hydrogen-bond acceptors (Lipinski definition) is 1. The molecule has 2 aliphatic rings. The molecule has 0 spiro atoms. The first-order valence-electron chi connectivity index (χ1n) is 10.6. The Bertz CT molecular complexity index is 671. The predicted molar refractivity (Wildman–Crippen MR) is 112 cm³/mol. The van der Waals surface area contributed by atoms with Gasteiger partial charge in [0.15, 0.2) is 0 Å². The van der Waals surface area contributed by atoms with Gasteiger partial charge in [0.05, 0.1) is 0 Å². The number of carboxylic acids is 1. The molecule has 0 unspecified atom stereocenters. The topological polar surface area (TPSA) is 37.3 Å². The number of allylic oxidation sites excluding steroid dienone is 2. The van der Waals surface area contributed by atoms with Gasteiger partial charge in [-0.25, -0.2) is 0 Å². The Balaban J connectivity index is 1.53. The quantitative estimate of drug-likeness (QED) is 0.375. The third-order valence-electron chi connectivity index (χ3n) is 6.90. The van der Waals surface area contributed by atoms with Crippen molar-refractivity contribution in [3.05, 3.63) is 46.0 Å². The summed E-state index contributed by atoms with van der Waals surface area (Å²) in [5.41, 5.74) is 4.12. The van der Waals surface area contributed by atoms with Gasteiger partial charge in [0.25, 0.3) is 0 Å². The molecule has 2 fully saturated rings. The summed E-state index contributed by atoms with van der Waals surface area (Å²) in [4.78, 5) is 10.6. The monoisotopic (exact) mass is 388 g/mol. The fourth-order valence-corrected chi connectivity index (χ4v) is 5.98. The lowest BCUT2D eigenvalue weighted by atomic mass is 9.76. The van der Waals surface area contributed by atoms with Gasteiger partial charge in [0.2, 0.25) is 0 Å². The summed E-state index contributed by atoms with van der Waals surface area (Å²) in [7, 11) is 0. The SMILES string of the molecule is Cc1cc(Cl)cc(C)c1CCC[C@H]1[C@H]2CC[C@H](C2)[C@@H]1/C=C\CCCC(=O)O. The van der Waals surface area contributed by atoms with Crippen LogP contribution in [0.2, 0.25) is 5.02 Å². The van der Waals surface area contributed by atoms with E-state index < -0.39 is 5.97 Å². The van der Waals surface area contributed by atoms with Crippen LogP contribution in [0, 0.1) is 37.5 Å². The number of fused-ring (bicyclic) bond motifs is 2. The maximum absolute atomic E-state index is 10.6. The van der Waals surface area contributed by atoms with Crippen LogP contribution in [-0.2, 0) is 11.2 Å². The van der Waals surface area contributed by atoms with Crippen molar-refractivity contribution in [3.63, 3.8) is 0 Å². The first kappa shape index (κ1) is 20.5. The zero-order valence-electron chi connectivity index (χ0n) is 16.7. The number of aliphatic carboxylic acids is 1. The number of carboxylic acid groups (broad SMARTS) is 1. The van der Waals surface area contributed by atoms with Crippen LogP contribution in [0.3, 0.4) is 0 Å². The Kier molecular flexibility index (Phi) is 7.03. The number of halogens is 1. The van der Waals surface area contributed by atoms with E-state index >= 15 is 0 Å². The highest BCUT2D eigenvalue weighted by atomic mass is 35.5. The minimum atomic E-state index is -0.686. The molecule has 1 aromatic carbocycles. The summed E-state index contributed by atoms with van der Waals surface area (Å²) in [5, 5.41) is 9.61. The molecule has 3 heteroatoms. The Morgan fingerprint density at radius 2 is 1.89 bits per heavy atom. The summed E-state index contributed by atoms with van der Waals surface area (Å²) < 4.78 is 0. The van der Waals surface area contributed by atoms with E-state index in [0.29, 0.717) is 0 Å². The van der Waals surface area contributed by atoms with Crippen molar-refractivity contribution in [2.45, 2.75) is 71.6 Å². The summed E-state index contributed by atoms with van der Waals surface area (Å²) in [6.45, 7) is 4.35. The highest BCUT2D eigenvalue weighted by molar-refractivity contribution is 6.30. The minimum absolute atomic E-state index is 0.282. The van der Waals surface area contributed by atoms with Crippen LogP contribution in [-0.4, -0.2) is 11.1 Å². The standard InChI is InChI=1S/C24H33ClO2/c1-16-13-20(25)14-17(2)21(16)8-6-9-23-19-12-11-18(15-19)22(23)7-4-3-5-10-24(26)27/h4,7,13-14,18-19,22-23H,3,5-6,8-12,15H2,1-2H3,(H,26,27)/b7-4-/t18-,19+,22+,23+/m1/s1. The second-order valence-electron chi connectivity index (χ2n) is 8.70. The van der Waals surface area contributed by atoms with Gasteiger partial charge in [-0.15, -0.1) is 0 Å². The molecule has 2 bridgehead atoms. The van der Waals surface area contributed by atoms with Crippen molar-refractivity contribution >= 4 is 17.6 Å². The largest absolute Gasteiger partial charge is 0.481 e. The van der Waals surface area contributed by atoms with Gasteiger partial charge >= 0.3 is 5.97 Å². The number of rotatable bonds is 9. The summed E-state index contributed by atoms with van der Waals surface area (Å²) in [6.07, 6.45) is 14.6. The average molecular weight is 389 g/mol. The van der Waals surface area contributed by atoms with Crippen LogP contribution in [0.1, 0.15) is 68.1 Å². The molecule has 2 aliphatic carbocycles. The van der Waals surface area contributed by atoms with Gasteiger partial charge in [0, 0.05) is 11.4 Å². The van der Waals surface area contributed by atoms with Crippen molar-refractivity contribution < 1.29 is 9.90 Å². The van der Waals surface area contributed by atoms with Gasteiger partial charge in [-0.2, -0.15) is 0 Å². The van der Waals surface area contributed by atoms with Crippen molar-refractivity contribution in [1.82, 2.24) is 0 Å². The highest BCUT2D eigenvalue weighted by Crippen LogP contribution is 2.54. The molecule has 0 heterocycles. The van der Waals surface area contributed by atoms with E-state index in [0.717, 1.165) is 48.0 Å². The lowest BCUT2D eigenvalue weighted by Gasteiger charge is -2.29. The maximum atomic E-state index is 10.6. The number of unbranched alkanes of at least 4 members (excludes halogenated alkanes) is 1. The minimum Gasteiger partial charge on any atom is -0.481 e. The average Bonchev–Trinajstić information content (AvgIpc) is 3.18. The van der Waals surface area contributed by atoms with E-state index in [4.69, 9.17) is 16.7 Å². The second kappa shape index (κ2) is 9.28. The molecular formula is C24H33ClO2. The van der Waals surface area contributed by atoms with Gasteiger partial charge < -0.3 is 5.11 Å². The van der Waals surface area contributed by atoms with E-state index in [1.165, 1.54) is 48.8 Å². The lowest BCUT2D eigenvalue weighted by Crippen LogP contribution is -2.21. The molecule has 1 N–H and O–H groups in total. The van der Waals surface area contributed by atoms with Crippen LogP contribution in [0.5, 0.6) is 0 Å². The zero-order chi connectivity index (χ0) is 19.4. The molecular weight excluding hydrogens is 356 g/mol. The van der Waals surface area contributed by atoms with Gasteiger partial charge in [-0.1, -0.05) is 23.8 Å². The molecule has 3 rings (SSSR count). The Hall–Kier alpha value is -1.28. The molecule has 0 aliphatic heterocycles. The predicted octanol–water partition coefficient (Wildman–Crippen LogP) is 6.75. The van der Waals surface area contributed by atoms with Gasteiger partial charge in [-0.05, 0) is 118 Å². The third-order valence-corrected chi connectivity index (χ3v) is 7.12. The second-order valence-corrected chi connectivity index (χ2v) is 9.14. The Morgan fingerprint density at radius 3 is 2.59 bits per heavy atom. The van der Waals surface area contributed by atoms with Crippen molar-refractivity contribution in [2.24, 2.45) is 23.7 Å². The molecule has 2 nitrogen and oxygen atoms in total. The zero-order valence-corrected chi connectivity index (χ0v) is 17.5. The molecule has 1 aromatic rings. The first-order valence-corrected chi connectivity index (χ1v) is 11.0.